The van der Waals surface area contributed by atoms with Crippen molar-refractivity contribution in [3.63, 3.8) is 0 Å². The van der Waals surface area contributed by atoms with Crippen LogP contribution in [0.4, 0.5) is 0 Å². The highest BCUT2D eigenvalue weighted by atomic mass is 35.5. The maximum absolute atomic E-state index is 12.3. The van der Waals surface area contributed by atoms with Crippen molar-refractivity contribution < 1.29 is 18.3 Å². The Hall–Kier alpha value is -0.820. The molecule has 1 aliphatic heterocycles. The minimum absolute atomic E-state index is 0.0114. The van der Waals surface area contributed by atoms with Crippen LogP contribution in [0.1, 0.15) is 12.8 Å². The number of carboxylic acids is 1. The van der Waals surface area contributed by atoms with E-state index in [2.05, 4.69) is 0 Å². The van der Waals surface area contributed by atoms with Crippen molar-refractivity contribution in [2.45, 2.75) is 23.8 Å². The molecule has 0 radical (unpaired) electrons. The number of halogens is 2. The molecule has 2 rings (SSSR count). The third kappa shape index (κ3) is 3.88. The van der Waals surface area contributed by atoms with Gasteiger partial charge in [0, 0.05) is 11.6 Å². The van der Waals surface area contributed by atoms with Gasteiger partial charge in [-0.1, -0.05) is 23.2 Å². The largest absolute Gasteiger partial charge is 0.480 e. The highest BCUT2D eigenvalue weighted by Crippen LogP contribution is 2.26. The highest BCUT2D eigenvalue weighted by molar-refractivity contribution is 7.91. The van der Waals surface area contributed by atoms with Crippen LogP contribution in [0.15, 0.2) is 23.1 Å². The SMILES string of the molecule is O=C(O)C1CCCN1CCS(=O)(=O)c1cc(Cl)ccc1Cl. The zero-order valence-electron chi connectivity index (χ0n) is 11.1. The molecule has 1 saturated heterocycles. The van der Waals surface area contributed by atoms with E-state index in [0.29, 0.717) is 18.0 Å². The van der Waals surface area contributed by atoms with Gasteiger partial charge >= 0.3 is 5.97 Å². The average Bonchev–Trinajstić information content (AvgIpc) is 2.88. The number of hydrogen-bond acceptors (Lipinski definition) is 4. The molecule has 0 aliphatic carbocycles. The molecule has 5 nitrogen and oxygen atoms in total. The van der Waals surface area contributed by atoms with Gasteiger partial charge < -0.3 is 5.11 Å². The fourth-order valence-corrected chi connectivity index (χ4v) is 4.51. The van der Waals surface area contributed by atoms with E-state index in [1.807, 2.05) is 0 Å². The summed E-state index contributed by atoms with van der Waals surface area (Å²) in [5.74, 6) is -1.10. The standard InChI is InChI=1S/C13H15Cl2NO4S/c14-9-3-4-10(15)12(8-9)21(19,20)7-6-16-5-1-2-11(16)13(17)18/h3-4,8,11H,1-2,5-7H2,(H,17,18). The topological polar surface area (TPSA) is 74.7 Å². The number of carboxylic acid groups (broad SMARTS) is 1. The van der Waals surface area contributed by atoms with E-state index in [0.717, 1.165) is 6.42 Å². The van der Waals surface area contributed by atoms with Crippen LogP contribution in [0.25, 0.3) is 0 Å². The van der Waals surface area contributed by atoms with Gasteiger partial charge in [-0.05, 0) is 37.6 Å². The average molecular weight is 352 g/mol. The van der Waals surface area contributed by atoms with Gasteiger partial charge in [0.2, 0.25) is 0 Å². The van der Waals surface area contributed by atoms with Gasteiger partial charge in [-0.2, -0.15) is 0 Å². The van der Waals surface area contributed by atoms with Crippen LogP contribution in [0.5, 0.6) is 0 Å². The first kappa shape index (κ1) is 16.5. The number of sulfone groups is 1. The minimum Gasteiger partial charge on any atom is -0.480 e. The van der Waals surface area contributed by atoms with Crippen molar-refractivity contribution in [2.75, 3.05) is 18.8 Å². The molecule has 116 valence electrons. The normalized spacial score (nSPS) is 19.8. The first-order valence-corrected chi connectivity index (χ1v) is 8.87. The zero-order valence-corrected chi connectivity index (χ0v) is 13.5. The summed E-state index contributed by atoms with van der Waals surface area (Å²) in [5, 5.41) is 9.50. The molecule has 1 N–H and O–H groups in total. The molecule has 0 amide bonds. The fourth-order valence-electron chi connectivity index (χ4n) is 2.44. The molecule has 8 heteroatoms. The van der Waals surface area contributed by atoms with Gasteiger partial charge in [0.05, 0.1) is 15.7 Å². The monoisotopic (exact) mass is 351 g/mol. The van der Waals surface area contributed by atoms with Crippen LogP contribution < -0.4 is 0 Å². The van der Waals surface area contributed by atoms with E-state index < -0.39 is 21.8 Å². The Kier molecular flexibility index (Phi) is 5.14. The summed E-state index contributed by atoms with van der Waals surface area (Å²) in [6.45, 7) is 0.762. The number of benzene rings is 1. The quantitative estimate of drug-likeness (QED) is 0.880. The predicted octanol–water partition coefficient (Wildman–Crippen LogP) is 2.32. The van der Waals surface area contributed by atoms with Gasteiger partial charge in [0.25, 0.3) is 0 Å². The van der Waals surface area contributed by atoms with Crippen molar-refractivity contribution in [3.8, 4) is 0 Å². The van der Waals surface area contributed by atoms with Gasteiger partial charge in [0.15, 0.2) is 9.84 Å². The van der Waals surface area contributed by atoms with Crippen LogP contribution in [-0.2, 0) is 14.6 Å². The second-order valence-corrected chi connectivity index (χ2v) is 7.85. The number of hydrogen-bond donors (Lipinski definition) is 1. The van der Waals surface area contributed by atoms with Crippen LogP contribution in [0, 0.1) is 0 Å². The van der Waals surface area contributed by atoms with Crippen LogP contribution in [0.2, 0.25) is 10.0 Å². The number of carbonyl (C=O) groups is 1. The molecule has 1 aromatic carbocycles. The van der Waals surface area contributed by atoms with Crippen molar-refractivity contribution in [2.24, 2.45) is 0 Å². The second kappa shape index (κ2) is 6.52. The van der Waals surface area contributed by atoms with E-state index in [-0.39, 0.29) is 22.2 Å². The van der Waals surface area contributed by atoms with Crippen molar-refractivity contribution in [1.82, 2.24) is 4.90 Å². The Balaban J connectivity index is 2.11. The lowest BCUT2D eigenvalue weighted by atomic mass is 10.2. The summed E-state index contributed by atoms with van der Waals surface area (Å²) >= 11 is 11.7. The summed E-state index contributed by atoms with van der Waals surface area (Å²) in [6.07, 6.45) is 1.31. The molecule has 1 aliphatic rings. The number of aliphatic carboxylic acids is 1. The maximum atomic E-state index is 12.3. The highest BCUT2D eigenvalue weighted by Gasteiger charge is 2.31. The van der Waals surface area contributed by atoms with Gasteiger partial charge in [-0.15, -0.1) is 0 Å². The van der Waals surface area contributed by atoms with E-state index in [1.54, 1.807) is 4.90 Å². The van der Waals surface area contributed by atoms with E-state index >= 15 is 0 Å². The third-order valence-corrected chi connectivity index (χ3v) is 5.93. The molecule has 1 fully saturated rings. The van der Waals surface area contributed by atoms with Crippen molar-refractivity contribution in [3.05, 3.63) is 28.2 Å². The van der Waals surface area contributed by atoms with Gasteiger partial charge in [-0.3, -0.25) is 9.69 Å². The van der Waals surface area contributed by atoms with Crippen LogP contribution in [0.3, 0.4) is 0 Å². The molecule has 1 unspecified atom stereocenters. The Labute approximate surface area is 133 Å². The lowest BCUT2D eigenvalue weighted by Gasteiger charge is -2.20. The molecule has 0 aromatic heterocycles. The Bertz CT molecular complexity index is 648. The molecule has 1 aromatic rings. The van der Waals surface area contributed by atoms with Crippen LogP contribution in [-0.4, -0.2) is 49.3 Å². The summed E-state index contributed by atoms with van der Waals surface area (Å²) in [7, 11) is -3.60. The number of likely N-dealkylation sites (tertiary alicyclic amines) is 1. The lowest BCUT2D eigenvalue weighted by Crippen LogP contribution is -2.38. The van der Waals surface area contributed by atoms with Gasteiger partial charge in [-0.25, -0.2) is 8.42 Å². The second-order valence-electron chi connectivity index (χ2n) is 4.93. The molecule has 0 bridgehead atoms. The molecule has 0 spiro atoms. The van der Waals surface area contributed by atoms with E-state index in [9.17, 15) is 13.2 Å². The summed E-state index contributed by atoms with van der Waals surface area (Å²) in [5.41, 5.74) is 0. The smallest absolute Gasteiger partial charge is 0.320 e. The molecule has 21 heavy (non-hydrogen) atoms. The Morgan fingerprint density at radius 3 is 2.76 bits per heavy atom. The molecule has 0 saturated carbocycles. The van der Waals surface area contributed by atoms with E-state index in [4.69, 9.17) is 28.3 Å². The lowest BCUT2D eigenvalue weighted by molar-refractivity contribution is -0.142. The number of nitrogens with zero attached hydrogens (tertiary/aromatic N) is 1. The van der Waals surface area contributed by atoms with Crippen LogP contribution >= 0.6 is 23.2 Å². The first-order chi connectivity index (χ1) is 9.81. The summed E-state index contributed by atoms with van der Waals surface area (Å²) in [6, 6.07) is 3.67. The summed E-state index contributed by atoms with van der Waals surface area (Å²) < 4.78 is 24.6. The van der Waals surface area contributed by atoms with Crippen molar-refractivity contribution in [1.29, 1.82) is 0 Å². The maximum Gasteiger partial charge on any atom is 0.320 e. The predicted molar refractivity (Wildman–Crippen MR) is 80.7 cm³/mol. The molecule has 1 heterocycles. The third-order valence-electron chi connectivity index (χ3n) is 3.52. The first-order valence-electron chi connectivity index (χ1n) is 6.46. The van der Waals surface area contributed by atoms with E-state index in [1.165, 1.54) is 18.2 Å². The Morgan fingerprint density at radius 2 is 2.10 bits per heavy atom. The van der Waals surface area contributed by atoms with Gasteiger partial charge in [0.1, 0.15) is 6.04 Å². The fraction of sp³-hybridized carbons (Fsp3) is 0.462. The minimum atomic E-state index is -3.60. The van der Waals surface area contributed by atoms with Crippen molar-refractivity contribution >= 4 is 39.0 Å². The molecular weight excluding hydrogens is 337 g/mol. The molecular formula is C13H15Cl2NO4S. The molecule has 1 atom stereocenters. The number of rotatable bonds is 5. The zero-order chi connectivity index (χ0) is 15.6. The Morgan fingerprint density at radius 1 is 1.38 bits per heavy atom. The summed E-state index contributed by atoms with van der Waals surface area (Å²) in [4.78, 5) is 12.7.